The SMILES string of the molecule is COC(=O)[C@H](CSCC(=O)C(=O)OCC(C)(C)CO[N+](=O)[O-])NC(C)=O. The van der Waals surface area contributed by atoms with Crippen LogP contribution in [0.1, 0.15) is 20.8 Å². The molecular weight excluding hydrogens is 372 g/mol. The first kappa shape index (κ1) is 23.6. The fraction of sp³-hybridized carbons (Fsp3) is 0.714. The van der Waals surface area contributed by atoms with Crippen molar-refractivity contribution in [3.8, 4) is 0 Å². The van der Waals surface area contributed by atoms with Crippen LogP contribution in [-0.4, -0.2) is 66.6 Å². The summed E-state index contributed by atoms with van der Waals surface area (Å²) >= 11 is 0.951. The zero-order valence-corrected chi connectivity index (χ0v) is 15.8. The lowest BCUT2D eigenvalue weighted by Crippen LogP contribution is -2.42. The number of methoxy groups -OCH3 is 1. The van der Waals surface area contributed by atoms with Crippen LogP contribution in [-0.2, 0) is 33.5 Å². The van der Waals surface area contributed by atoms with Gasteiger partial charge in [0.2, 0.25) is 11.7 Å². The van der Waals surface area contributed by atoms with Crippen LogP contribution in [0.15, 0.2) is 0 Å². The summed E-state index contributed by atoms with van der Waals surface area (Å²) in [4.78, 5) is 60.3. The van der Waals surface area contributed by atoms with E-state index in [0.717, 1.165) is 18.9 Å². The first-order valence-corrected chi connectivity index (χ1v) is 8.54. The minimum Gasteiger partial charge on any atom is -0.467 e. The summed E-state index contributed by atoms with van der Waals surface area (Å²) in [6.07, 6.45) is 0. The van der Waals surface area contributed by atoms with E-state index < -0.39 is 40.2 Å². The Morgan fingerprint density at radius 2 is 1.85 bits per heavy atom. The van der Waals surface area contributed by atoms with Gasteiger partial charge in [-0.1, -0.05) is 13.8 Å². The molecule has 1 N–H and O–H groups in total. The van der Waals surface area contributed by atoms with Gasteiger partial charge in [-0.3, -0.25) is 9.59 Å². The van der Waals surface area contributed by atoms with Crippen molar-refractivity contribution in [3.63, 3.8) is 0 Å². The Hall–Kier alpha value is -2.37. The summed E-state index contributed by atoms with van der Waals surface area (Å²) in [5, 5.41) is 11.6. The van der Waals surface area contributed by atoms with Gasteiger partial charge in [-0.05, 0) is 0 Å². The number of rotatable bonds is 12. The number of nitrogens with zero attached hydrogens (tertiary/aromatic N) is 1. The standard InChI is InChI=1S/C14H22N2O9S/c1-9(17)15-10(12(19)23-4)5-26-6-11(18)13(20)24-7-14(2,3)8-25-16(21)22/h10H,5-8H2,1-4H3,(H,15,17)/t10-/m0/s1. The second kappa shape index (κ2) is 11.3. The molecule has 148 valence electrons. The van der Waals surface area contributed by atoms with Crippen molar-refractivity contribution in [1.82, 2.24) is 5.32 Å². The lowest BCUT2D eigenvalue weighted by molar-refractivity contribution is -0.760. The number of ketones is 1. The molecule has 1 atom stereocenters. The second-order valence-electron chi connectivity index (χ2n) is 5.95. The Morgan fingerprint density at radius 3 is 2.35 bits per heavy atom. The maximum Gasteiger partial charge on any atom is 0.375 e. The van der Waals surface area contributed by atoms with E-state index in [1.165, 1.54) is 6.92 Å². The summed E-state index contributed by atoms with van der Waals surface area (Å²) < 4.78 is 9.36. The quantitative estimate of drug-likeness (QED) is 0.203. The average Bonchev–Trinajstić information content (AvgIpc) is 2.55. The molecule has 26 heavy (non-hydrogen) atoms. The first-order chi connectivity index (χ1) is 12.0. The number of hydrogen-bond donors (Lipinski definition) is 1. The number of thioether (sulfide) groups is 1. The number of esters is 2. The van der Waals surface area contributed by atoms with E-state index >= 15 is 0 Å². The maximum absolute atomic E-state index is 11.7. The number of nitrogens with one attached hydrogen (secondary N) is 1. The third kappa shape index (κ3) is 10.5. The number of carbonyl (C=O) groups is 4. The fourth-order valence-corrected chi connectivity index (χ4v) is 2.37. The predicted molar refractivity (Wildman–Crippen MR) is 89.6 cm³/mol. The van der Waals surface area contributed by atoms with Gasteiger partial charge < -0.3 is 19.6 Å². The van der Waals surface area contributed by atoms with Gasteiger partial charge in [-0.15, -0.1) is 10.1 Å². The van der Waals surface area contributed by atoms with Crippen molar-refractivity contribution in [1.29, 1.82) is 0 Å². The molecule has 0 radical (unpaired) electrons. The zero-order valence-electron chi connectivity index (χ0n) is 14.9. The lowest BCUT2D eigenvalue weighted by atomic mass is 9.96. The molecule has 11 nitrogen and oxygen atoms in total. The highest BCUT2D eigenvalue weighted by atomic mass is 32.2. The molecule has 0 heterocycles. The summed E-state index contributed by atoms with van der Waals surface area (Å²) in [7, 11) is 1.16. The van der Waals surface area contributed by atoms with Crippen LogP contribution >= 0.6 is 11.8 Å². The Labute approximate surface area is 154 Å². The van der Waals surface area contributed by atoms with Crippen LogP contribution in [0.4, 0.5) is 0 Å². The van der Waals surface area contributed by atoms with E-state index in [2.05, 4.69) is 14.9 Å². The van der Waals surface area contributed by atoms with Gasteiger partial charge >= 0.3 is 11.9 Å². The predicted octanol–water partition coefficient (Wildman–Crippen LogP) is -0.256. The van der Waals surface area contributed by atoms with E-state index in [1.807, 2.05) is 0 Å². The molecule has 0 unspecified atom stereocenters. The van der Waals surface area contributed by atoms with Crippen molar-refractivity contribution in [2.24, 2.45) is 5.41 Å². The van der Waals surface area contributed by atoms with E-state index in [4.69, 9.17) is 4.74 Å². The summed E-state index contributed by atoms with van der Waals surface area (Å²) in [6.45, 7) is 3.82. The Balaban J connectivity index is 4.33. The van der Waals surface area contributed by atoms with Crippen molar-refractivity contribution in [2.45, 2.75) is 26.8 Å². The molecule has 0 spiro atoms. The molecule has 0 fully saturated rings. The first-order valence-electron chi connectivity index (χ1n) is 7.38. The molecule has 0 saturated carbocycles. The minimum atomic E-state index is -1.10. The number of ether oxygens (including phenoxy) is 2. The number of amides is 1. The molecule has 12 heteroatoms. The molecule has 0 aliphatic carbocycles. The summed E-state index contributed by atoms with van der Waals surface area (Å²) in [5.41, 5.74) is -0.850. The Morgan fingerprint density at radius 1 is 1.23 bits per heavy atom. The fourth-order valence-electron chi connectivity index (χ4n) is 1.50. The minimum absolute atomic E-state index is 0.0352. The van der Waals surface area contributed by atoms with Crippen LogP contribution in [0.2, 0.25) is 0 Å². The Kier molecular flexibility index (Phi) is 10.3. The maximum atomic E-state index is 11.7. The highest BCUT2D eigenvalue weighted by Crippen LogP contribution is 2.16. The van der Waals surface area contributed by atoms with Gasteiger partial charge in [0, 0.05) is 18.1 Å². The highest BCUT2D eigenvalue weighted by Gasteiger charge is 2.26. The summed E-state index contributed by atoms with van der Waals surface area (Å²) in [6, 6.07) is -0.940. The zero-order chi connectivity index (χ0) is 20.3. The lowest BCUT2D eigenvalue weighted by Gasteiger charge is -2.22. The molecular formula is C14H22N2O9S. The molecule has 0 aromatic carbocycles. The monoisotopic (exact) mass is 394 g/mol. The Bertz CT molecular complexity index is 551. The van der Waals surface area contributed by atoms with Crippen LogP contribution in [0.3, 0.4) is 0 Å². The van der Waals surface area contributed by atoms with Crippen LogP contribution in [0, 0.1) is 15.5 Å². The molecule has 0 aliphatic heterocycles. The molecule has 0 aromatic rings. The van der Waals surface area contributed by atoms with Crippen LogP contribution < -0.4 is 5.32 Å². The normalized spacial score (nSPS) is 11.8. The summed E-state index contributed by atoms with van der Waals surface area (Å²) in [5.74, 6) is -3.28. The molecule has 1 amide bonds. The van der Waals surface area contributed by atoms with Gasteiger partial charge in [0.25, 0.3) is 5.09 Å². The van der Waals surface area contributed by atoms with Crippen molar-refractivity contribution in [2.75, 3.05) is 31.8 Å². The largest absolute Gasteiger partial charge is 0.467 e. The van der Waals surface area contributed by atoms with E-state index in [0.29, 0.717) is 0 Å². The van der Waals surface area contributed by atoms with Gasteiger partial charge in [-0.25, -0.2) is 9.59 Å². The van der Waals surface area contributed by atoms with Gasteiger partial charge in [0.05, 0.1) is 19.5 Å². The van der Waals surface area contributed by atoms with Crippen LogP contribution in [0.5, 0.6) is 0 Å². The van der Waals surface area contributed by atoms with E-state index in [9.17, 15) is 29.3 Å². The topological polar surface area (TPSA) is 151 Å². The van der Waals surface area contributed by atoms with Gasteiger partial charge in [0.15, 0.2) is 0 Å². The molecule has 0 rings (SSSR count). The van der Waals surface area contributed by atoms with E-state index in [1.54, 1.807) is 13.8 Å². The van der Waals surface area contributed by atoms with Crippen molar-refractivity contribution < 1.29 is 38.6 Å². The molecule has 0 saturated heterocycles. The molecule has 0 bridgehead atoms. The smallest absolute Gasteiger partial charge is 0.375 e. The third-order valence-electron chi connectivity index (χ3n) is 2.76. The highest BCUT2D eigenvalue weighted by molar-refractivity contribution is 8.00. The van der Waals surface area contributed by atoms with Crippen molar-refractivity contribution >= 4 is 35.4 Å². The van der Waals surface area contributed by atoms with E-state index in [-0.39, 0.29) is 24.7 Å². The molecule has 0 aliphatic rings. The third-order valence-corrected chi connectivity index (χ3v) is 3.80. The van der Waals surface area contributed by atoms with Crippen molar-refractivity contribution in [3.05, 3.63) is 10.1 Å². The van der Waals surface area contributed by atoms with Gasteiger partial charge in [-0.2, -0.15) is 11.8 Å². The molecule has 0 aromatic heterocycles. The van der Waals surface area contributed by atoms with Gasteiger partial charge in [0.1, 0.15) is 12.6 Å². The number of Topliss-reactive ketones (excluding diaryl/α,β-unsaturated/α-hetero) is 1. The second-order valence-corrected chi connectivity index (χ2v) is 6.98. The van der Waals surface area contributed by atoms with Crippen LogP contribution in [0.25, 0.3) is 0 Å². The number of carbonyl (C=O) groups excluding carboxylic acids is 4. The average molecular weight is 394 g/mol. The number of hydrogen-bond acceptors (Lipinski definition) is 10.